The molecule has 0 aliphatic heterocycles. The van der Waals surface area contributed by atoms with E-state index < -0.39 is 5.83 Å². The molecule has 0 aliphatic carbocycles. The van der Waals surface area contributed by atoms with Gasteiger partial charge >= 0.3 is 0 Å². The summed E-state index contributed by atoms with van der Waals surface area (Å²) in [5.74, 6) is -0.417. The molecule has 0 spiro atoms. The second-order valence-corrected chi connectivity index (χ2v) is 3.10. The summed E-state index contributed by atoms with van der Waals surface area (Å²) in [6, 6.07) is 6.82. The Morgan fingerprint density at radius 1 is 1.36 bits per heavy atom. The van der Waals surface area contributed by atoms with Crippen molar-refractivity contribution in [2.24, 2.45) is 0 Å². The molecule has 0 atom stereocenters. The number of hydrogen-bond acceptors (Lipinski definition) is 0. The largest absolute Gasteiger partial charge is 0.205 e. The minimum atomic E-state index is -0.417. The van der Waals surface area contributed by atoms with Crippen LogP contribution in [0.15, 0.2) is 34.3 Å². The van der Waals surface area contributed by atoms with Crippen molar-refractivity contribution in [3.05, 3.63) is 39.8 Å². The lowest BCUT2D eigenvalue weighted by Gasteiger charge is -1.95. The van der Waals surface area contributed by atoms with Crippen LogP contribution in [-0.2, 0) is 0 Å². The normalized spacial score (nSPS) is 11.7. The first-order chi connectivity index (χ1) is 5.24. The summed E-state index contributed by atoms with van der Waals surface area (Å²) in [5.41, 5.74) is 1.41. The van der Waals surface area contributed by atoms with E-state index in [1.807, 2.05) is 0 Å². The van der Waals surface area contributed by atoms with Crippen molar-refractivity contribution in [2.75, 3.05) is 0 Å². The SMILES string of the molecule is FC(=CCl)c1ccc(Br)cc1. The summed E-state index contributed by atoms with van der Waals surface area (Å²) in [5, 5.41) is 0. The smallest absolute Gasteiger partial charge is 0.141 e. The van der Waals surface area contributed by atoms with Crippen LogP contribution >= 0.6 is 27.5 Å². The van der Waals surface area contributed by atoms with Gasteiger partial charge in [0.15, 0.2) is 0 Å². The molecular weight excluding hydrogens is 230 g/mol. The van der Waals surface area contributed by atoms with Crippen LogP contribution in [0.5, 0.6) is 0 Å². The minimum absolute atomic E-state index is 0.417. The Bertz CT molecular complexity index is 266. The van der Waals surface area contributed by atoms with Gasteiger partial charge in [0, 0.05) is 15.6 Å². The van der Waals surface area contributed by atoms with Gasteiger partial charge in [-0.15, -0.1) is 0 Å². The summed E-state index contributed by atoms with van der Waals surface area (Å²) < 4.78 is 13.6. The van der Waals surface area contributed by atoms with E-state index in [4.69, 9.17) is 11.6 Å². The summed E-state index contributed by atoms with van der Waals surface area (Å²) in [6.45, 7) is 0. The Morgan fingerprint density at radius 3 is 2.36 bits per heavy atom. The van der Waals surface area contributed by atoms with E-state index in [-0.39, 0.29) is 0 Å². The highest BCUT2D eigenvalue weighted by atomic mass is 79.9. The van der Waals surface area contributed by atoms with Crippen molar-refractivity contribution in [3.8, 4) is 0 Å². The number of hydrogen-bond donors (Lipinski definition) is 0. The molecule has 0 aliphatic rings. The molecule has 0 nitrogen and oxygen atoms in total. The quantitative estimate of drug-likeness (QED) is 0.691. The fourth-order valence-electron chi connectivity index (χ4n) is 0.672. The third-order valence-electron chi connectivity index (χ3n) is 1.22. The van der Waals surface area contributed by atoms with Gasteiger partial charge in [0.25, 0.3) is 0 Å². The second kappa shape index (κ2) is 3.88. The van der Waals surface area contributed by atoms with Gasteiger partial charge in [-0.1, -0.05) is 39.7 Å². The molecule has 0 amide bonds. The van der Waals surface area contributed by atoms with Crippen molar-refractivity contribution in [1.29, 1.82) is 0 Å². The van der Waals surface area contributed by atoms with E-state index in [1.54, 1.807) is 24.3 Å². The van der Waals surface area contributed by atoms with Crippen LogP contribution in [0.4, 0.5) is 4.39 Å². The van der Waals surface area contributed by atoms with E-state index in [0.29, 0.717) is 5.56 Å². The van der Waals surface area contributed by atoms with Crippen molar-refractivity contribution in [2.45, 2.75) is 0 Å². The Morgan fingerprint density at radius 2 is 1.91 bits per heavy atom. The van der Waals surface area contributed by atoms with Crippen molar-refractivity contribution in [1.82, 2.24) is 0 Å². The van der Waals surface area contributed by atoms with E-state index >= 15 is 0 Å². The Balaban J connectivity index is 2.99. The fraction of sp³-hybridized carbons (Fsp3) is 0. The monoisotopic (exact) mass is 234 g/mol. The molecule has 1 aromatic rings. The molecule has 0 saturated heterocycles. The Hall–Kier alpha value is -0.340. The van der Waals surface area contributed by atoms with Crippen molar-refractivity contribution >= 4 is 33.4 Å². The average molecular weight is 235 g/mol. The molecule has 1 aromatic carbocycles. The van der Waals surface area contributed by atoms with Crippen molar-refractivity contribution < 1.29 is 4.39 Å². The predicted molar refractivity (Wildman–Crippen MR) is 49.1 cm³/mol. The zero-order chi connectivity index (χ0) is 8.27. The molecular formula is C8H5BrClF. The molecule has 1 rings (SSSR count). The van der Waals surface area contributed by atoms with Gasteiger partial charge in [0.2, 0.25) is 0 Å². The highest BCUT2D eigenvalue weighted by Crippen LogP contribution is 2.19. The first-order valence-corrected chi connectivity index (χ1v) is 4.19. The topological polar surface area (TPSA) is 0 Å². The van der Waals surface area contributed by atoms with E-state index in [9.17, 15) is 4.39 Å². The fourth-order valence-corrected chi connectivity index (χ4v) is 1.06. The van der Waals surface area contributed by atoms with Gasteiger partial charge in [-0.2, -0.15) is 0 Å². The van der Waals surface area contributed by atoms with Gasteiger partial charge in [-0.3, -0.25) is 0 Å². The highest BCUT2D eigenvalue weighted by Gasteiger charge is 1.97. The molecule has 0 heterocycles. The number of halogens is 3. The van der Waals surface area contributed by atoms with E-state index in [2.05, 4.69) is 15.9 Å². The minimum Gasteiger partial charge on any atom is -0.205 e. The third-order valence-corrected chi connectivity index (χ3v) is 1.94. The lowest BCUT2D eigenvalue weighted by molar-refractivity contribution is 0.762. The summed E-state index contributed by atoms with van der Waals surface area (Å²) in [4.78, 5) is 0. The van der Waals surface area contributed by atoms with Crippen LogP contribution in [0.3, 0.4) is 0 Å². The van der Waals surface area contributed by atoms with E-state index in [1.165, 1.54) is 0 Å². The second-order valence-electron chi connectivity index (χ2n) is 1.96. The van der Waals surface area contributed by atoms with Gasteiger partial charge < -0.3 is 0 Å². The van der Waals surface area contributed by atoms with Crippen LogP contribution in [0, 0.1) is 0 Å². The summed E-state index contributed by atoms with van der Waals surface area (Å²) in [7, 11) is 0. The van der Waals surface area contributed by atoms with Gasteiger partial charge in [0.1, 0.15) is 5.83 Å². The van der Waals surface area contributed by atoms with Gasteiger partial charge in [-0.25, -0.2) is 4.39 Å². The molecule has 0 aromatic heterocycles. The molecule has 0 N–H and O–H groups in total. The lowest BCUT2D eigenvalue weighted by Crippen LogP contribution is -1.74. The Labute approximate surface area is 77.8 Å². The zero-order valence-corrected chi connectivity index (χ0v) is 7.86. The van der Waals surface area contributed by atoms with Gasteiger partial charge in [-0.05, 0) is 12.1 Å². The average Bonchev–Trinajstić information content (AvgIpc) is 2.05. The zero-order valence-electron chi connectivity index (χ0n) is 5.52. The maximum Gasteiger partial charge on any atom is 0.141 e. The van der Waals surface area contributed by atoms with Crippen LogP contribution in [0.1, 0.15) is 5.56 Å². The molecule has 0 radical (unpaired) electrons. The lowest BCUT2D eigenvalue weighted by atomic mass is 10.2. The van der Waals surface area contributed by atoms with Crippen LogP contribution in [-0.4, -0.2) is 0 Å². The molecule has 0 saturated carbocycles. The molecule has 11 heavy (non-hydrogen) atoms. The predicted octanol–water partition coefficient (Wildman–Crippen LogP) is 3.96. The first kappa shape index (κ1) is 8.75. The number of rotatable bonds is 1. The molecule has 3 heteroatoms. The standard InChI is InChI=1S/C8H5BrClF/c9-7-3-1-6(2-4-7)8(11)5-10/h1-5H. The van der Waals surface area contributed by atoms with Crippen LogP contribution in [0.25, 0.3) is 5.83 Å². The third kappa shape index (κ3) is 2.31. The van der Waals surface area contributed by atoms with E-state index in [0.717, 1.165) is 10.0 Å². The maximum atomic E-state index is 12.7. The maximum absolute atomic E-state index is 12.7. The molecule has 58 valence electrons. The Kier molecular flexibility index (Phi) is 3.09. The molecule has 0 bridgehead atoms. The van der Waals surface area contributed by atoms with Crippen LogP contribution < -0.4 is 0 Å². The summed E-state index contributed by atoms with van der Waals surface area (Å²) in [6.07, 6.45) is 0. The van der Waals surface area contributed by atoms with Crippen molar-refractivity contribution in [3.63, 3.8) is 0 Å². The molecule has 0 fully saturated rings. The highest BCUT2D eigenvalue weighted by molar-refractivity contribution is 9.10. The first-order valence-electron chi connectivity index (χ1n) is 2.96. The summed E-state index contributed by atoms with van der Waals surface area (Å²) >= 11 is 8.42. The van der Waals surface area contributed by atoms with Crippen LogP contribution in [0.2, 0.25) is 0 Å². The molecule has 0 unspecified atom stereocenters. The van der Waals surface area contributed by atoms with Gasteiger partial charge in [0.05, 0.1) is 0 Å². The number of benzene rings is 1.